The molecule has 0 unspecified atom stereocenters. The van der Waals surface area contributed by atoms with Gasteiger partial charge in [-0.3, -0.25) is 10.1 Å². The molecule has 0 bridgehead atoms. The first-order valence-corrected chi connectivity index (χ1v) is 11.0. The third-order valence-corrected chi connectivity index (χ3v) is 6.36. The molecule has 0 radical (unpaired) electrons. The Hall–Kier alpha value is -3.37. The van der Waals surface area contributed by atoms with Gasteiger partial charge in [-0.1, -0.05) is 35.6 Å². The van der Waals surface area contributed by atoms with Gasteiger partial charge in [-0.05, 0) is 26.7 Å². The van der Waals surface area contributed by atoms with E-state index < -0.39 is 5.97 Å². The molecule has 0 atom stereocenters. The number of carboxylic acid groups (broad SMARTS) is 1. The van der Waals surface area contributed by atoms with Crippen molar-refractivity contribution in [2.45, 2.75) is 32.8 Å². The van der Waals surface area contributed by atoms with E-state index >= 15 is 0 Å². The number of hydrogen-bond donors (Lipinski definition) is 3. The van der Waals surface area contributed by atoms with Gasteiger partial charge in [0.1, 0.15) is 10.7 Å². The van der Waals surface area contributed by atoms with Crippen LogP contribution < -0.4 is 10.2 Å². The number of piperidine rings is 1. The van der Waals surface area contributed by atoms with Gasteiger partial charge >= 0.3 is 5.97 Å². The molecule has 9 nitrogen and oxygen atoms in total. The number of hydrogen-bond acceptors (Lipinski definition) is 9. The summed E-state index contributed by atoms with van der Waals surface area (Å²) in [6, 6.07) is 9.06. The lowest BCUT2D eigenvalue weighted by Crippen LogP contribution is -2.36. The molecule has 3 heterocycles. The van der Waals surface area contributed by atoms with Crippen molar-refractivity contribution in [3.05, 3.63) is 46.5 Å². The van der Waals surface area contributed by atoms with Crippen molar-refractivity contribution in [1.29, 1.82) is 0 Å². The number of anilines is 3. The summed E-state index contributed by atoms with van der Waals surface area (Å²) in [6.45, 7) is 4.50. The Morgan fingerprint density at radius 2 is 1.81 bits per heavy atom. The molecule has 3 N–H and O–H groups in total. The minimum atomic E-state index is -1.03. The lowest BCUT2D eigenvalue weighted by atomic mass is 10.1. The third-order valence-electron chi connectivity index (χ3n) is 5.30. The van der Waals surface area contributed by atoms with Gasteiger partial charge in [-0.2, -0.15) is 4.98 Å². The van der Waals surface area contributed by atoms with Crippen molar-refractivity contribution in [2.75, 3.05) is 23.3 Å². The summed E-state index contributed by atoms with van der Waals surface area (Å²) in [5, 5.41) is 22.6. The Morgan fingerprint density at radius 3 is 2.41 bits per heavy atom. The van der Waals surface area contributed by atoms with Crippen LogP contribution in [0, 0.1) is 6.92 Å². The molecule has 32 heavy (non-hydrogen) atoms. The van der Waals surface area contributed by atoms with Crippen molar-refractivity contribution in [2.24, 2.45) is 0 Å². The molecule has 4 rings (SSSR count). The van der Waals surface area contributed by atoms with Gasteiger partial charge in [-0.25, -0.2) is 14.8 Å². The average Bonchev–Trinajstić information content (AvgIpc) is 3.14. The summed E-state index contributed by atoms with van der Waals surface area (Å²) in [6.07, 6.45) is 1.00. The normalized spacial score (nSPS) is 14.4. The number of aliphatic hydroxyl groups is 1. The molecule has 1 aliphatic heterocycles. The van der Waals surface area contributed by atoms with E-state index in [1.165, 1.54) is 6.92 Å². The van der Waals surface area contributed by atoms with Crippen molar-refractivity contribution in [1.82, 2.24) is 15.0 Å². The number of nitrogens with one attached hydrogen (secondary N) is 1. The molecular weight excluding hydrogens is 430 g/mol. The Balaban J connectivity index is 1.70. The smallest absolute Gasteiger partial charge is 0.347 e. The molecule has 0 saturated carbocycles. The minimum absolute atomic E-state index is 0.0115. The number of benzene rings is 1. The molecule has 1 aromatic carbocycles. The highest BCUT2D eigenvalue weighted by molar-refractivity contribution is 7.17. The number of thiazole rings is 1. The SMILES string of the molecule is CC(=O)c1ccc(-c2cc(N3CCC(O)CC3)nc(Nc3nc(C)c(C(=O)O)s3)n2)cc1. The highest BCUT2D eigenvalue weighted by atomic mass is 32.1. The Kier molecular flexibility index (Phi) is 6.15. The first-order chi connectivity index (χ1) is 15.3. The van der Waals surface area contributed by atoms with Gasteiger partial charge in [0.25, 0.3) is 0 Å². The average molecular weight is 454 g/mol. The molecule has 3 aromatic rings. The molecule has 0 aliphatic carbocycles. The fourth-order valence-electron chi connectivity index (χ4n) is 3.51. The van der Waals surface area contributed by atoms with E-state index in [1.54, 1.807) is 19.1 Å². The quantitative estimate of drug-likeness (QED) is 0.480. The lowest BCUT2D eigenvalue weighted by Gasteiger charge is -2.30. The molecule has 0 amide bonds. The third kappa shape index (κ3) is 4.76. The van der Waals surface area contributed by atoms with Crippen LogP contribution >= 0.6 is 11.3 Å². The fraction of sp³-hybridized carbons (Fsp3) is 0.318. The maximum absolute atomic E-state index is 11.6. The predicted octanol–water partition coefficient (Wildman–Crippen LogP) is 3.51. The number of nitrogens with zero attached hydrogens (tertiary/aromatic N) is 4. The number of Topliss-reactive ketones (excluding diaryl/α,β-unsaturated/α-hetero) is 1. The number of carbonyl (C=O) groups is 2. The molecule has 1 saturated heterocycles. The number of rotatable bonds is 6. The summed E-state index contributed by atoms with van der Waals surface area (Å²) in [5.41, 5.74) is 2.52. The molecule has 0 spiro atoms. The molecule has 10 heteroatoms. The summed E-state index contributed by atoms with van der Waals surface area (Å²) in [4.78, 5) is 38.7. The number of aromatic carboxylic acids is 1. The predicted molar refractivity (Wildman–Crippen MR) is 122 cm³/mol. The highest BCUT2D eigenvalue weighted by Crippen LogP contribution is 2.29. The van der Waals surface area contributed by atoms with Crippen LogP contribution in [0.4, 0.5) is 16.9 Å². The maximum atomic E-state index is 11.6. The van der Waals surface area contributed by atoms with Crippen molar-refractivity contribution in [3.63, 3.8) is 0 Å². The first-order valence-electron chi connectivity index (χ1n) is 10.2. The number of ketones is 1. The number of aromatic nitrogens is 3. The zero-order valence-corrected chi connectivity index (χ0v) is 18.5. The minimum Gasteiger partial charge on any atom is -0.477 e. The van der Waals surface area contributed by atoms with Crippen LogP contribution in [0.25, 0.3) is 11.3 Å². The molecule has 2 aromatic heterocycles. The van der Waals surface area contributed by atoms with E-state index in [4.69, 9.17) is 0 Å². The largest absolute Gasteiger partial charge is 0.477 e. The topological polar surface area (TPSA) is 129 Å². The summed E-state index contributed by atoms with van der Waals surface area (Å²) in [5.74, 6) is -0.0416. The Bertz CT molecular complexity index is 1150. The molecule has 1 fully saturated rings. The Labute approximate surface area is 188 Å². The van der Waals surface area contributed by atoms with E-state index in [9.17, 15) is 19.8 Å². The Morgan fingerprint density at radius 1 is 1.12 bits per heavy atom. The van der Waals surface area contributed by atoms with Gasteiger partial charge in [0.15, 0.2) is 10.9 Å². The van der Waals surface area contributed by atoms with Crippen LogP contribution in [0.2, 0.25) is 0 Å². The van der Waals surface area contributed by atoms with Crippen molar-refractivity contribution < 1.29 is 19.8 Å². The van der Waals surface area contributed by atoms with Crippen LogP contribution in [0.5, 0.6) is 0 Å². The summed E-state index contributed by atoms with van der Waals surface area (Å²) < 4.78 is 0. The molecule has 1 aliphatic rings. The number of carboxylic acids is 1. The second-order valence-electron chi connectivity index (χ2n) is 7.65. The van der Waals surface area contributed by atoms with Crippen LogP contribution in [-0.4, -0.2) is 56.1 Å². The first kappa shape index (κ1) is 21.8. The van der Waals surface area contributed by atoms with Crippen molar-refractivity contribution in [3.8, 4) is 11.3 Å². The van der Waals surface area contributed by atoms with E-state index in [0.717, 1.165) is 16.9 Å². The van der Waals surface area contributed by atoms with Crippen LogP contribution in [0.1, 0.15) is 45.5 Å². The zero-order chi connectivity index (χ0) is 22.8. The zero-order valence-electron chi connectivity index (χ0n) is 17.7. The summed E-state index contributed by atoms with van der Waals surface area (Å²) in [7, 11) is 0. The highest BCUT2D eigenvalue weighted by Gasteiger charge is 2.21. The fourth-order valence-corrected chi connectivity index (χ4v) is 4.31. The second-order valence-corrected chi connectivity index (χ2v) is 8.65. The van der Waals surface area contributed by atoms with Crippen LogP contribution in [0.15, 0.2) is 30.3 Å². The van der Waals surface area contributed by atoms with Gasteiger partial charge in [-0.15, -0.1) is 0 Å². The maximum Gasteiger partial charge on any atom is 0.347 e. The molecular formula is C22H23N5O4S. The molecule has 166 valence electrons. The van der Waals surface area contributed by atoms with E-state index in [2.05, 4.69) is 25.2 Å². The van der Waals surface area contributed by atoms with Gasteiger partial charge in [0.2, 0.25) is 5.95 Å². The second kappa shape index (κ2) is 9.01. The van der Waals surface area contributed by atoms with E-state index in [1.807, 2.05) is 18.2 Å². The van der Waals surface area contributed by atoms with Crippen LogP contribution in [-0.2, 0) is 0 Å². The monoisotopic (exact) mass is 453 g/mol. The van der Waals surface area contributed by atoms with Gasteiger partial charge in [0.05, 0.1) is 17.5 Å². The van der Waals surface area contributed by atoms with Gasteiger partial charge < -0.3 is 15.1 Å². The number of aliphatic hydroxyl groups excluding tert-OH is 1. The number of carbonyl (C=O) groups excluding carboxylic acids is 1. The van der Waals surface area contributed by atoms with Gasteiger partial charge in [0, 0.05) is 30.3 Å². The van der Waals surface area contributed by atoms with Crippen LogP contribution in [0.3, 0.4) is 0 Å². The van der Waals surface area contributed by atoms with E-state index in [0.29, 0.717) is 59.8 Å². The number of aryl methyl sites for hydroxylation is 1. The lowest BCUT2D eigenvalue weighted by molar-refractivity contribution is 0.0701. The summed E-state index contributed by atoms with van der Waals surface area (Å²) >= 11 is 1.03. The van der Waals surface area contributed by atoms with E-state index in [-0.39, 0.29) is 16.8 Å². The standard InChI is InChI=1S/C22H23N5O4S/c1-12-19(20(30)31)32-22(23-12)26-21-24-17(15-5-3-14(4-6-15)13(2)28)11-18(25-21)27-9-7-16(29)8-10-27/h3-6,11,16,29H,7-10H2,1-2H3,(H,30,31)(H,23,24,25,26). The van der Waals surface area contributed by atoms with Crippen molar-refractivity contribution >= 4 is 40.0 Å².